The fourth-order valence-electron chi connectivity index (χ4n) is 6.63. The molecule has 2 unspecified atom stereocenters. The second-order valence-electron chi connectivity index (χ2n) is 11.7. The summed E-state index contributed by atoms with van der Waals surface area (Å²) in [5.41, 5.74) is 1.26. The van der Waals surface area contributed by atoms with Gasteiger partial charge in [-0.15, -0.1) is 9.05 Å². The molecule has 3 saturated heterocycles. The predicted molar refractivity (Wildman–Crippen MR) is 180 cm³/mol. The number of aryl methyl sites for hydroxylation is 1. The second-order valence-corrected chi connectivity index (χ2v) is 15.0. The van der Waals surface area contributed by atoms with E-state index in [1.807, 2.05) is 12.2 Å². The topological polar surface area (TPSA) is 220 Å². The molecule has 11 atom stereocenters. The Morgan fingerprint density at radius 2 is 1.68 bits per heavy atom. The zero-order valence-electron chi connectivity index (χ0n) is 26.1. The summed E-state index contributed by atoms with van der Waals surface area (Å²) in [6.07, 6.45) is 2.71. The smallest absolute Gasteiger partial charge is 0.394 e. The lowest BCUT2D eigenvalue weighted by Crippen LogP contribution is -2.49. The Labute approximate surface area is 295 Å². The SMILES string of the molecule is C[C@@H]1O[C@H]2[C@H](n3cnc4c(CC/C=C/CNc5ncnc6c5ncn6[C@@H]5O[C@H](CO)[C@@H](O[P+](=O)S)[C@H]5F)ncnc43)O[C@]1(CO)[C@H]2O[P+](=O)S. The van der Waals surface area contributed by atoms with Crippen LogP contribution in [0.2, 0.25) is 0 Å². The molecule has 4 aromatic rings. The number of rotatable bonds is 14. The first-order chi connectivity index (χ1) is 24.2. The van der Waals surface area contributed by atoms with E-state index in [9.17, 15) is 19.3 Å². The maximum atomic E-state index is 15.3. The number of halogens is 1. The normalized spacial score (nSPS) is 31.4. The molecule has 0 saturated carbocycles. The summed E-state index contributed by atoms with van der Waals surface area (Å²) >= 11 is 7.58. The van der Waals surface area contributed by atoms with Gasteiger partial charge < -0.3 is 29.7 Å². The number of imidazole rings is 2. The van der Waals surface area contributed by atoms with E-state index in [0.717, 1.165) is 0 Å². The quantitative estimate of drug-likeness (QED) is 0.0707. The van der Waals surface area contributed by atoms with Crippen molar-refractivity contribution in [1.82, 2.24) is 39.0 Å². The minimum Gasteiger partial charge on any atom is -0.394 e. The number of anilines is 1. The zero-order chi connectivity index (χ0) is 35.2. The first-order valence-electron chi connectivity index (χ1n) is 15.4. The third kappa shape index (κ3) is 6.32. The second kappa shape index (κ2) is 14.7. The molecule has 0 spiro atoms. The molecule has 0 aliphatic carbocycles. The number of ether oxygens (including phenoxy) is 3. The lowest BCUT2D eigenvalue weighted by molar-refractivity contribution is -0.216. The van der Waals surface area contributed by atoms with Gasteiger partial charge in [-0.3, -0.25) is 9.13 Å². The van der Waals surface area contributed by atoms with Gasteiger partial charge in [0.1, 0.15) is 54.9 Å². The Bertz CT molecular complexity index is 1940. The molecule has 3 aliphatic heterocycles. The van der Waals surface area contributed by atoms with Gasteiger partial charge in [-0.1, -0.05) is 12.2 Å². The largest absolute Gasteiger partial charge is 0.582 e. The van der Waals surface area contributed by atoms with Crippen LogP contribution < -0.4 is 5.32 Å². The molecule has 7 rings (SSSR count). The summed E-state index contributed by atoms with van der Waals surface area (Å²) in [7, 11) is -4.70. The number of thiol groups is 2. The maximum Gasteiger partial charge on any atom is 0.582 e. The number of aromatic nitrogens is 8. The van der Waals surface area contributed by atoms with Gasteiger partial charge in [0.25, 0.3) is 0 Å². The van der Waals surface area contributed by atoms with Gasteiger partial charge in [0.05, 0.1) is 37.7 Å². The molecule has 7 heterocycles. The van der Waals surface area contributed by atoms with E-state index in [4.69, 9.17) is 23.3 Å². The molecule has 3 aliphatic rings. The first-order valence-corrected chi connectivity index (χ1v) is 20.1. The van der Waals surface area contributed by atoms with E-state index in [2.05, 4.69) is 59.7 Å². The summed E-state index contributed by atoms with van der Waals surface area (Å²) in [5, 5.41) is 23.0. The molecule has 4 aromatic heterocycles. The number of nitrogens with one attached hydrogen (secondary N) is 1. The third-order valence-electron chi connectivity index (χ3n) is 9.00. The Morgan fingerprint density at radius 3 is 2.40 bits per heavy atom. The van der Waals surface area contributed by atoms with Crippen LogP contribution in [0.3, 0.4) is 0 Å². The number of aliphatic hydroxyl groups is 2. The lowest BCUT2D eigenvalue weighted by atomic mass is 9.94. The maximum absolute atomic E-state index is 15.3. The van der Waals surface area contributed by atoms with Crippen molar-refractivity contribution in [3.63, 3.8) is 0 Å². The lowest BCUT2D eigenvalue weighted by Gasteiger charge is -2.34. The Kier molecular flexibility index (Phi) is 10.4. The van der Waals surface area contributed by atoms with E-state index in [0.29, 0.717) is 53.2 Å². The average molecular weight is 772 g/mol. The third-order valence-corrected chi connectivity index (χ3v) is 10.4. The minimum atomic E-state index is -2.42. The molecule has 50 heavy (non-hydrogen) atoms. The number of nitrogens with zero attached hydrogens (tertiary/aromatic N) is 8. The van der Waals surface area contributed by atoms with E-state index in [-0.39, 0.29) is 0 Å². The predicted octanol–water partition coefficient (Wildman–Crippen LogP) is 2.79. The van der Waals surface area contributed by atoms with Gasteiger partial charge in [0, 0.05) is 6.54 Å². The van der Waals surface area contributed by atoms with Crippen LogP contribution in [0.15, 0.2) is 37.5 Å². The molecular weight excluding hydrogens is 739 g/mol. The summed E-state index contributed by atoms with van der Waals surface area (Å²) in [5.74, 6) is 0.415. The van der Waals surface area contributed by atoms with Gasteiger partial charge in [-0.2, -0.15) is 0 Å². The number of hydrogen-bond acceptors (Lipinski definition) is 16. The van der Waals surface area contributed by atoms with Crippen LogP contribution >= 0.6 is 39.0 Å². The van der Waals surface area contributed by atoms with Crippen LogP contribution in [0, 0.1) is 0 Å². The monoisotopic (exact) mass is 771 g/mol. The Balaban J connectivity index is 0.984. The molecule has 3 N–H and O–H groups in total. The van der Waals surface area contributed by atoms with Crippen LogP contribution in [0.4, 0.5) is 10.2 Å². The minimum absolute atomic E-state index is 0.294. The first kappa shape index (κ1) is 35.6. The summed E-state index contributed by atoms with van der Waals surface area (Å²) in [4.78, 5) is 26.2. The highest BCUT2D eigenvalue weighted by atomic mass is 32.7. The van der Waals surface area contributed by atoms with Gasteiger partial charge in [0.15, 0.2) is 59.1 Å². The Hall–Kier alpha value is -2.81. The van der Waals surface area contributed by atoms with E-state index in [1.54, 1.807) is 17.8 Å². The van der Waals surface area contributed by atoms with Crippen molar-refractivity contribution in [3.8, 4) is 0 Å². The summed E-state index contributed by atoms with van der Waals surface area (Å²) < 4.78 is 70.3. The van der Waals surface area contributed by atoms with Crippen molar-refractivity contribution in [2.24, 2.45) is 0 Å². The van der Waals surface area contributed by atoms with Crippen LogP contribution in [0.5, 0.6) is 0 Å². The summed E-state index contributed by atoms with van der Waals surface area (Å²) in [6.45, 7) is 1.21. The molecule has 266 valence electrons. The van der Waals surface area contributed by atoms with Gasteiger partial charge >= 0.3 is 14.5 Å². The molecule has 3 fully saturated rings. The molecule has 0 radical (unpaired) electrons. The van der Waals surface area contributed by atoms with Crippen molar-refractivity contribution >= 4 is 67.1 Å². The van der Waals surface area contributed by atoms with Crippen molar-refractivity contribution < 1.29 is 47.0 Å². The molecule has 0 aromatic carbocycles. The molecule has 23 heteroatoms. The van der Waals surface area contributed by atoms with Crippen LogP contribution in [0.1, 0.15) is 31.5 Å². The highest BCUT2D eigenvalue weighted by Gasteiger charge is 2.69. The van der Waals surface area contributed by atoms with Gasteiger partial charge in [0.2, 0.25) is 0 Å². The van der Waals surface area contributed by atoms with Crippen molar-refractivity contribution in [2.75, 3.05) is 25.1 Å². The van der Waals surface area contributed by atoms with E-state index in [1.165, 1.54) is 23.5 Å². The van der Waals surface area contributed by atoms with Crippen LogP contribution in [-0.2, 0) is 38.8 Å². The fourth-order valence-corrected chi connectivity index (χ4v) is 8.21. The van der Waals surface area contributed by atoms with Crippen molar-refractivity contribution in [3.05, 3.63) is 43.2 Å². The standard InChI is InChI=1S/C27H30FN9O9P2S2/c1-13-27(8-39)21(46-48(41)50)20(42-13)26(44-27)37-11-34-17-14(30-9-32-23(17)37)5-3-2-4-6-29-22-18-24(33-10-31-22)36(12-35-18)25-16(28)19(45-47(40)49)15(7-38)43-25/h2,4,9-13,15-16,19-21,25-26,38-39H,3,5-8H2,1H3,(H-2,29,31,33,40,41,49,50)/p+2/b4-2+/t13-,15+,16+,19+,20+,21-,25+,26+,27-/m0/s1. The number of allylic oxidation sites excluding steroid dienone is 1. The average Bonchev–Trinajstić information content (AvgIpc) is 3.90. The molecule has 0 amide bonds. The van der Waals surface area contributed by atoms with Crippen LogP contribution in [0.25, 0.3) is 22.3 Å². The number of alkyl halides is 1. The molecule has 18 nitrogen and oxygen atoms in total. The van der Waals surface area contributed by atoms with Gasteiger partial charge in [-0.05, 0) is 28.9 Å². The fraction of sp³-hybridized carbons (Fsp3) is 0.556. The van der Waals surface area contributed by atoms with Gasteiger partial charge in [-0.25, -0.2) is 34.3 Å². The molecular formula is C27H32FN9O9P2S2+2. The van der Waals surface area contributed by atoms with Crippen molar-refractivity contribution in [1.29, 1.82) is 0 Å². The zero-order valence-corrected chi connectivity index (χ0v) is 29.7. The summed E-state index contributed by atoms with van der Waals surface area (Å²) in [6, 6.07) is 0. The molecule has 2 bridgehead atoms. The number of fused-ring (bicyclic) bond motifs is 4. The Morgan fingerprint density at radius 1 is 0.980 bits per heavy atom. The number of aliphatic hydroxyl groups excluding tert-OH is 2. The van der Waals surface area contributed by atoms with Crippen LogP contribution in [-0.4, -0.2) is 111 Å². The number of hydrogen-bond donors (Lipinski definition) is 5. The highest BCUT2D eigenvalue weighted by Crippen LogP contribution is 2.53. The van der Waals surface area contributed by atoms with E-state index >= 15 is 4.39 Å². The van der Waals surface area contributed by atoms with Crippen molar-refractivity contribution in [2.45, 2.75) is 74.5 Å². The highest BCUT2D eigenvalue weighted by molar-refractivity contribution is 8.39. The van der Waals surface area contributed by atoms with E-state index < -0.39 is 82.4 Å².